The molecule has 8 heteroatoms. The van der Waals surface area contributed by atoms with Gasteiger partial charge in [0.1, 0.15) is 11.6 Å². The number of urea groups is 1. The van der Waals surface area contributed by atoms with Crippen molar-refractivity contribution in [3.63, 3.8) is 0 Å². The molecule has 0 fully saturated rings. The van der Waals surface area contributed by atoms with Crippen LogP contribution < -0.4 is 10.1 Å². The molecular weight excluding hydrogens is 411 g/mol. The van der Waals surface area contributed by atoms with Crippen molar-refractivity contribution >= 4 is 11.7 Å². The molecule has 2 aliphatic heterocycles. The van der Waals surface area contributed by atoms with E-state index >= 15 is 0 Å². The molecule has 32 heavy (non-hydrogen) atoms. The second-order valence-corrected chi connectivity index (χ2v) is 8.04. The minimum Gasteiger partial charge on any atom is -0.492 e. The first-order chi connectivity index (χ1) is 15.6. The van der Waals surface area contributed by atoms with E-state index in [1.165, 1.54) is 17.1 Å². The summed E-state index contributed by atoms with van der Waals surface area (Å²) in [7, 11) is 3.45. The fraction of sp³-hybridized carbons (Fsp3) is 0.417. The predicted octanol–water partition coefficient (Wildman–Crippen LogP) is 3.27. The first kappa shape index (κ1) is 22.2. The van der Waals surface area contributed by atoms with Crippen molar-refractivity contribution in [1.29, 1.82) is 0 Å². The number of amides is 2. The van der Waals surface area contributed by atoms with Crippen molar-refractivity contribution in [2.24, 2.45) is 11.0 Å². The summed E-state index contributed by atoms with van der Waals surface area (Å²) in [5.41, 5.74) is 2.28. The van der Waals surface area contributed by atoms with Crippen molar-refractivity contribution < 1.29 is 18.7 Å². The monoisotopic (exact) mass is 440 g/mol. The number of rotatable bonds is 8. The normalized spacial score (nSPS) is 19.1. The molecule has 0 saturated carbocycles. The van der Waals surface area contributed by atoms with Gasteiger partial charge < -0.3 is 19.7 Å². The van der Waals surface area contributed by atoms with Gasteiger partial charge in [-0.15, -0.1) is 0 Å². The summed E-state index contributed by atoms with van der Waals surface area (Å²) in [6.45, 7) is 3.20. The average Bonchev–Trinajstić information content (AvgIpc) is 3.21. The summed E-state index contributed by atoms with van der Waals surface area (Å²) in [5.74, 6) is 0.0765. The molecule has 2 unspecified atom stereocenters. The Morgan fingerprint density at radius 1 is 1.28 bits per heavy atom. The molecule has 0 saturated heterocycles. The minimum absolute atomic E-state index is 0.167. The topological polar surface area (TPSA) is 66.4 Å². The average molecular weight is 441 g/mol. The highest BCUT2D eigenvalue weighted by Crippen LogP contribution is 2.42. The van der Waals surface area contributed by atoms with Crippen LogP contribution in [-0.4, -0.2) is 68.7 Å². The fourth-order valence-electron chi connectivity index (χ4n) is 4.20. The number of nitrogens with one attached hydrogen (secondary N) is 1. The molecule has 2 amide bonds. The van der Waals surface area contributed by atoms with Crippen molar-refractivity contribution in [3.05, 3.63) is 65.5 Å². The number of halogens is 1. The molecule has 0 spiro atoms. The third-order valence-electron chi connectivity index (χ3n) is 5.84. The third kappa shape index (κ3) is 4.61. The zero-order valence-electron chi connectivity index (χ0n) is 18.5. The van der Waals surface area contributed by atoms with E-state index in [1.54, 1.807) is 25.1 Å². The maximum atomic E-state index is 14.0. The van der Waals surface area contributed by atoms with Crippen molar-refractivity contribution in [2.45, 2.75) is 12.5 Å². The molecular formula is C24H29FN4O3. The molecule has 0 radical (unpaired) electrons. The van der Waals surface area contributed by atoms with E-state index in [2.05, 4.69) is 5.32 Å². The van der Waals surface area contributed by atoms with Gasteiger partial charge in [0.15, 0.2) is 0 Å². The van der Waals surface area contributed by atoms with Gasteiger partial charge in [-0.1, -0.05) is 30.3 Å². The molecule has 1 N–H and O–H groups in total. The Hall–Kier alpha value is -2.97. The molecule has 0 bridgehead atoms. The molecule has 2 aromatic carbocycles. The number of hydrogen-bond donors (Lipinski definition) is 1. The Kier molecular flexibility index (Phi) is 7.02. The Bertz CT molecular complexity index is 969. The molecule has 2 aromatic rings. The van der Waals surface area contributed by atoms with Crippen LogP contribution in [0, 0.1) is 11.7 Å². The lowest BCUT2D eigenvalue weighted by molar-refractivity contribution is 0.133. The van der Waals surface area contributed by atoms with Crippen molar-refractivity contribution in [2.75, 3.05) is 47.0 Å². The second kappa shape index (κ2) is 10.1. The maximum Gasteiger partial charge on any atom is 0.340 e. The maximum absolute atomic E-state index is 14.0. The lowest BCUT2D eigenvalue weighted by Gasteiger charge is -2.31. The molecule has 0 aliphatic carbocycles. The van der Waals surface area contributed by atoms with E-state index in [1.807, 2.05) is 30.3 Å². The molecule has 7 nitrogen and oxygen atoms in total. The number of hydrazone groups is 1. The Labute approximate surface area is 187 Å². The summed E-state index contributed by atoms with van der Waals surface area (Å²) in [5, 5.41) is 9.54. The zero-order chi connectivity index (χ0) is 22.5. The van der Waals surface area contributed by atoms with Crippen LogP contribution in [0.25, 0.3) is 0 Å². The van der Waals surface area contributed by atoms with Crippen LogP contribution in [0.15, 0.2) is 53.6 Å². The van der Waals surface area contributed by atoms with Gasteiger partial charge in [-0.2, -0.15) is 5.10 Å². The number of carbonyl (C=O) groups excluding carboxylic acids is 1. The van der Waals surface area contributed by atoms with Crippen LogP contribution in [0.5, 0.6) is 5.75 Å². The van der Waals surface area contributed by atoms with Gasteiger partial charge in [0.2, 0.25) is 0 Å². The van der Waals surface area contributed by atoms with E-state index in [0.717, 1.165) is 25.1 Å². The molecule has 170 valence electrons. The van der Waals surface area contributed by atoms with E-state index in [4.69, 9.17) is 14.6 Å². The van der Waals surface area contributed by atoms with Crippen LogP contribution in [-0.2, 0) is 4.74 Å². The van der Waals surface area contributed by atoms with Crippen LogP contribution in [0.3, 0.4) is 0 Å². The first-order valence-corrected chi connectivity index (χ1v) is 10.9. The summed E-state index contributed by atoms with van der Waals surface area (Å²) in [6.07, 6.45) is 0.812. The largest absolute Gasteiger partial charge is 0.492 e. The zero-order valence-corrected chi connectivity index (χ0v) is 18.5. The molecule has 2 atom stereocenters. The standard InChI is InChI=1S/C24H29FN4O3/c1-28(13-6-11-26-12-14-31-2)24(30)29-23(17-7-4-3-5-8-17)20-16-32-21-10-9-18(25)15-19(21)22(20)27-29/h3-5,7-10,15,20,23,26H,6,11-14,16H2,1-2H3. The number of fused-ring (bicyclic) bond motifs is 3. The number of ether oxygens (including phenoxy) is 2. The van der Waals surface area contributed by atoms with Crippen LogP contribution >= 0.6 is 0 Å². The Morgan fingerprint density at radius 2 is 2.09 bits per heavy atom. The predicted molar refractivity (Wildman–Crippen MR) is 120 cm³/mol. The van der Waals surface area contributed by atoms with E-state index < -0.39 is 0 Å². The summed E-state index contributed by atoms with van der Waals surface area (Å²) in [6, 6.07) is 13.8. The van der Waals surface area contributed by atoms with Gasteiger partial charge in [0, 0.05) is 32.8 Å². The van der Waals surface area contributed by atoms with Crippen molar-refractivity contribution in [1.82, 2.24) is 15.2 Å². The van der Waals surface area contributed by atoms with Gasteiger partial charge in [0.05, 0.1) is 30.9 Å². The van der Waals surface area contributed by atoms with Gasteiger partial charge in [0.25, 0.3) is 0 Å². The lowest BCUT2D eigenvalue weighted by Crippen LogP contribution is -2.41. The van der Waals surface area contributed by atoms with E-state index in [9.17, 15) is 9.18 Å². The Balaban J connectivity index is 1.55. The number of hydrogen-bond acceptors (Lipinski definition) is 5. The van der Waals surface area contributed by atoms with Gasteiger partial charge >= 0.3 is 6.03 Å². The number of benzene rings is 2. The summed E-state index contributed by atoms with van der Waals surface area (Å²) >= 11 is 0. The first-order valence-electron chi connectivity index (χ1n) is 10.9. The SMILES string of the molecule is COCCNCCCN(C)C(=O)N1N=C2c3cc(F)ccc3OCC2C1c1ccccc1. The third-order valence-corrected chi connectivity index (χ3v) is 5.84. The lowest BCUT2D eigenvalue weighted by atomic mass is 9.86. The number of methoxy groups -OCH3 is 1. The van der Waals surface area contributed by atoms with Crippen LogP contribution in [0.1, 0.15) is 23.6 Å². The Morgan fingerprint density at radius 3 is 2.88 bits per heavy atom. The van der Waals surface area contributed by atoms with Gasteiger partial charge in [-0.3, -0.25) is 0 Å². The highest BCUT2D eigenvalue weighted by Gasteiger charge is 2.45. The number of nitrogens with zero attached hydrogens (tertiary/aromatic N) is 3. The van der Waals surface area contributed by atoms with Crippen LogP contribution in [0.2, 0.25) is 0 Å². The highest BCUT2D eigenvalue weighted by atomic mass is 19.1. The van der Waals surface area contributed by atoms with E-state index in [0.29, 0.717) is 36.8 Å². The smallest absolute Gasteiger partial charge is 0.340 e. The second-order valence-electron chi connectivity index (χ2n) is 8.04. The number of carbonyl (C=O) groups is 1. The van der Waals surface area contributed by atoms with Gasteiger partial charge in [-0.05, 0) is 36.7 Å². The quantitative estimate of drug-likeness (QED) is 0.640. The van der Waals surface area contributed by atoms with Crippen molar-refractivity contribution in [3.8, 4) is 5.75 Å². The highest BCUT2D eigenvalue weighted by molar-refractivity contribution is 6.07. The fourth-order valence-corrected chi connectivity index (χ4v) is 4.20. The molecule has 2 aliphatic rings. The van der Waals surface area contributed by atoms with Gasteiger partial charge in [-0.25, -0.2) is 14.2 Å². The summed E-state index contributed by atoms with van der Waals surface area (Å²) < 4.78 is 24.9. The minimum atomic E-state index is -0.352. The molecule has 2 heterocycles. The molecule has 0 aromatic heterocycles. The summed E-state index contributed by atoms with van der Waals surface area (Å²) in [4.78, 5) is 15.1. The van der Waals surface area contributed by atoms with E-state index in [-0.39, 0.29) is 23.8 Å². The van der Waals surface area contributed by atoms with Crippen LogP contribution in [0.4, 0.5) is 9.18 Å². The molecule has 4 rings (SSSR count).